The van der Waals surface area contributed by atoms with Crippen molar-refractivity contribution in [1.82, 2.24) is 19.7 Å². The number of H-pyrrole nitrogens is 1. The van der Waals surface area contributed by atoms with Crippen LogP contribution in [0.25, 0.3) is 20.7 Å². The van der Waals surface area contributed by atoms with Crippen molar-refractivity contribution in [3.8, 4) is 16.2 Å². The molecule has 0 amide bonds. The number of nitrogens with one attached hydrogen (secondary N) is 1. The summed E-state index contributed by atoms with van der Waals surface area (Å²) in [6.45, 7) is 3.35. The SMILES string of the molecule is COc1ccc(-c2cc3nc(Cn4nc(C)c([N+](=O)[O-])c4C)[nH]c(=O)c3s2)cc1. The van der Waals surface area contributed by atoms with E-state index in [0.717, 1.165) is 16.2 Å². The predicted octanol–water partition coefficient (Wildman–Crippen LogP) is 3.43. The molecule has 0 aliphatic rings. The van der Waals surface area contributed by atoms with Gasteiger partial charge in [-0.3, -0.25) is 19.6 Å². The van der Waals surface area contributed by atoms with Crippen molar-refractivity contribution < 1.29 is 9.66 Å². The van der Waals surface area contributed by atoms with Gasteiger partial charge < -0.3 is 9.72 Å². The number of aromatic amines is 1. The van der Waals surface area contributed by atoms with Crippen LogP contribution in [-0.2, 0) is 6.54 Å². The Balaban J connectivity index is 1.71. The zero-order valence-corrected chi connectivity index (χ0v) is 16.7. The first kappa shape index (κ1) is 18.8. The zero-order chi connectivity index (χ0) is 20.7. The predicted molar refractivity (Wildman–Crippen MR) is 110 cm³/mol. The average Bonchev–Trinajstić information content (AvgIpc) is 3.23. The van der Waals surface area contributed by atoms with Gasteiger partial charge in [-0.25, -0.2) is 4.98 Å². The van der Waals surface area contributed by atoms with Gasteiger partial charge in [-0.15, -0.1) is 11.3 Å². The summed E-state index contributed by atoms with van der Waals surface area (Å²) in [5.41, 5.74) is 2.02. The Kier molecular flexibility index (Phi) is 4.63. The maximum Gasteiger partial charge on any atom is 0.312 e. The molecule has 1 aromatic carbocycles. The molecule has 148 valence electrons. The third-order valence-corrected chi connectivity index (χ3v) is 5.80. The molecule has 10 heteroatoms. The van der Waals surface area contributed by atoms with Crippen LogP contribution in [0.1, 0.15) is 17.2 Å². The van der Waals surface area contributed by atoms with E-state index in [9.17, 15) is 14.9 Å². The topological polar surface area (TPSA) is 116 Å². The molecular formula is C19H17N5O4S. The number of hydrogen-bond donors (Lipinski definition) is 1. The number of aryl methyl sites for hydroxylation is 1. The highest BCUT2D eigenvalue weighted by molar-refractivity contribution is 7.22. The molecule has 1 N–H and O–H groups in total. The number of fused-ring (bicyclic) bond motifs is 1. The van der Waals surface area contributed by atoms with Crippen molar-refractivity contribution >= 4 is 27.2 Å². The van der Waals surface area contributed by atoms with Gasteiger partial charge >= 0.3 is 5.69 Å². The van der Waals surface area contributed by atoms with Crippen molar-refractivity contribution in [3.63, 3.8) is 0 Å². The number of rotatable bonds is 5. The number of nitrogens with zero attached hydrogens (tertiary/aromatic N) is 4. The molecule has 0 spiro atoms. The van der Waals surface area contributed by atoms with Gasteiger partial charge in [-0.1, -0.05) is 0 Å². The van der Waals surface area contributed by atoms with Crippen molar-refractivity contribution in [1.29, 1.82) is 0 Å². The number of benzene rings is 1. The molecule has 0 aliphatic carbocycles. The average molecular weight is 411 g/mol. The molecule has 0 bridgehead atoms. The zero-order valence-electron chi connectivity index (χ0n) is 15.9. The fourth-order valence-corrected chi connectivity index (χ4v) is 4.21. The fourth-order valence-electron chi connectivity index (χ4n) is 3.21. The van der Waals surface area contributed by atoms with E-state index >= 15 is 0 Å². The molecule has 0 saturated heterocycles. The minimum Gasteiger partial charge on any atom is -0.497 e. The second-order valence-corrected chi connectivity index (χ2v) is 7.55. The summed E-state index contributed by atoms with van der Waals surface area (Å²) in [5.74, 6) is 1.15. The van der Waals surface area contributed by atoms with Crippen LogP contribution in [0.5, 0.6) is 5.75 Å². The van der Waals surface area contributed by atoms with Gasteiger partial charge in [0.15, 0.2) is 0 Å². The first-order valence-electron chi connectivity index (χ1n) is 8.73. The summed E-state index contributed by atoms with van der Waals surface area (Å²) in [4.78, 5) is 31.5. The van der Waals surface area contributed by atoms with E-state index in [0.29, 0.717) is 27.4 Å². The molecule has 0 fully saturated rings. The van der Waals surface area contributed by atoms with E-state index in [1.165, 1.54) is 16.0 Å². The van der Waals surface area contributed by atoms with Crippen LogP contribution in [0, 0.1) is 24.0 Å². The van der Waals surface area contributed by atoms with Gasteiger partial charge in [0.25, 0.3) is 5.56 Å². The Morgan fingerprint density at radius 1 is 1.28 bits per heavy atom. The van der Waals surface area contributed by atoms with E-state index < -0.39 is 4.92 Å². The number of hydrogen-bond acceptors (Lipinski definition) is 7. The number of nitro groups is 1. The molecule has 4 aromatic rings. The van der Waals surface area contributed by atoms with E-state index in [1.54, 1.807) is 21.0 Å². The summed E-state index contributed by atoms with van der Waals surface area (Å²) in [5, 5.41) is 15.4. The smallest absolute Gasteiger partial charge is 0.312 e. The Hall–Kier alpha value is -3.53. The lowest BCUT2D eigenvalue weighted by atomic mass is 10.2. The minimum absolute atomic E-state index is 0.0225. The van der Waals surface area contributed by atoms with Gasteiger partial charge in [0.2, 0.25) is 0 Å². The molecule has 0 saturated carbocycles. The first-order valence-corrected chi connectivity index (χ1v) is 9.54. The van der Waals surface area contributed by atoms with Crippen LogP contribution >= 0.6 is 11.3 Å². The largest absolute Gasteiger partial charge is 0.497 e. The lowest BCUT2D eigenvalue weighted by Crippen LogP contribution is -2.14. The molecule has 3 aromatic heterocycles. The van der Waals surface area contributed by atoms with Crippen LogP contribution in [0.3, 0.4) is 0 Å². The fraction of sp³-hybridized carbons (Fsp3) is 0.211. The highest BCUT2D eigenvalue weighted by Crippen LogP contribution is 2.32. The van der Waals surface area contributed by atoms with Crippen molar-refractivity contribution in [2.45, 2.75) is 20.4 Å². The lowest BCUT2D eigenvalue weighted by Gasteiger charge is -2.03. The summed E-state index contributed by atoms with van der Waals surface area (Å²) in [6, 6.07) is 9.43. The highest BCUT2D eigenvalue weighted by Gasteiger charge is 2.22. The van der Waals surface area contributed by atoms with Crippen LogP contribution in [-0.4, -0.2) is 31.8 Å². The van der Waals surface area contributed by atoms with E-state index in [-0.39, 0.29) is 17.8 Å². The summed E-state index contributed by atoms with van der Waals surface area (Å²) in [6.07, 6.45) is 0. The molecule has 0 atom stereocenters. The Morgan fingerprint density at radius 2 is 2.00 bits per heavy atom. The molecule has 0 radical (unpaired) electrons. The summed E-state index contributed by atoms with van der Waals surface area (Å²) >= 11 is 1.36. The first-order chi connectivity index (χ1) is 13.9. The summed E-state index contributed by atoms with van der Waals surface area (Å²) in [7, 11) is 1.61. The third kappa shape index (κ3) is 3.38. The molecular weight excluding hydrogens is 394 g/mol. The van der Waals surface area contributed by atoms with Crippen molar-refractivity contribution in [2.75, 3.05) is 7.11 Å². The standard InChI is InChI=1S/C19H17N5O4S/c1-10-17(24(26)27)11(2)23(22-10)9-16-20-14-8-15(29-18(14)19(25)21-16)12-4-6-13(28-3)7-5-12/h4-8H,9H2,1-3H3,(H,20,21,25). The van der Waals surface area contributed by atoms with E-state index in [1.807, 2.05) is 30.3 Å². The Morgan fingerprint density at radius 3 is 2.62 bits per heavy atom. The van der Waals surface area contributed by atoms with Gasteiger partial charge in [0.05, 0.1) is 24.1 Å². The van der Waals surface area contributed by atoms with Crippen LogP contribution in [0.15, 0.2) is 35.1 Å². The molecule has 4 rings (SSSR count). The summed E-state index contributed by atoms with van der Waals surface area (Å²) < 4.78 is 7.18. The molecule has 0 unspecified atom stereocenters. The molecule has 0 aliphatic heterocycles. The second-order valence-electron chi connectivity index (χ2n) is 6.50. The van der Waals surface area contributed by atoms with Gasteiger partial charge in [0, 0.05) is 4.88 Å². The quantitative estimate of drug-likeness (QED) is 0.397. The third-order valence-electron chi connectivity index (χ3n) is 4.63. The number of thiophene rings is 1. The van der Waals surface area contributed by atoms with Gasteiger partial charge in [-0.2, -0.15) is 5.10 Å². The maximum atomic E-state index is 12.6. The maximum absolute atomic E-state index is 12.6. The second kappa shape index (κ2) is 7.13. The number of ether oxygens (including phenoxy) is 1. The Bertz CT molecular complexity index is 1290. The normalized spacial score (nSPS) is 11.1. The van der Waals surface area contributed by atoms with Gasteiger partial charge in [0.1, 0.15) is 27.7 Å². The highest BCUT2D eigenvalue weighted by atomic mass is 32.1. The molecule has 3 heterocycles. The van der Waals surface area contributed by atoms with Crippen LogP contribution in [0.2, 0.25) is 0 Å². The lowest BCUT2D eigenvalue weighted by molar-refractivity contribution is -0.386. The van der Waals surface area contributed by atoms with E-state index in [2.05, 4.69) is 15.1 Å². The van der Waals surface area contributed by atoms with E-state index in [4.69, 9.17) is 4.74 Å². The van der Waals surface area contributed by atoms with Crippen molar-refractivity contribution in [2.24, 2.45) is 0 Å². The van der Waals surface area contributed by atoms with Crippen molar-refractivity contribution in [3.05, 3.63) is 68.0 Å². The number of methoxy groups -OCH3 is 1. The number of aromatic nitrogens is 4. The van der Waals surface area contributed by atoms with Crippen LogP contribution < -0.4 is 10.3 Å². The Labute approximate surface area is 168 Å². The minimum atomic E-state index is -0.451. The molecule has 9 nitrogen and oxygen atoms in total. The monoisotopic (exact) mass is 411 g/mol. The van der Waals surface area contributed by atoms with Crippen LogP contribution in [0.4, 0.5) is 5.69 Å². The van der Waals surface area contributed by atoms with Gasteiger partial charge in [-0.05, 0) is 49.7 Å². The molecule has 29 heavy (non-hydrogen) atoms.